The molecule has 0 spiro atoms. The van der Waals surface area contributed by atoms with Gasteiger partial charge in [0.1, 0.15) is 11.6 Å². The number of rotatable bonds is 6. The smallest absolute Gasteiger partial charge is 0.254 e. The van der Waals surface area contributed by atoms with Crippen molar-refractivity contribution in [2.24, 2.45) is 0 Å². The molecule has 1 amide bonds. The summed E-state index contributed by atoms with van der Waals surface area (Å²) in [6.07, 6.45) is 6.89. The molecule has 2 atom stereocenters. The van der Waals surface area contributed by atoms with Crippen molar-refractivity contribution in [3.63, 3.8) is 0 Å². The summed E-state index contributed by atoms with van der Waals surface area (Å²) in [7, 11) is 0. The first kappa shape index (κ1) is 25.3. The lowest BCUT2D eigenvalue weighted by molar-refractivity contribution is 0.0905. The predicted octanol–water partition coefficient (Wildman–Crippen LogP) is 3.86. The molecule has 194 valence electrons. The quantitative estimate of drug-likeness (QED) is 0.533. The van der Waals surface area contributed by atoms with E-state index in [-0.39, 0.29) is 17.5 Å². The molecule has 37 heavy (non-hydrogen) atoms. The monoisotopic (exact) mass is 502 g/mol. The van der Waals surface area contributed by atoms with E-state index in [0.717, 1.165) is 51.4 Å². The second-order valence-corrected chi connectivity index (χ2v) is 10.3. The molecule has 2 aliphatic heterocycles. The lowest BCUT2D eigenvalue weighted by Gasteiger charge is -2.37. The summed E-state index contributed by atoms with van der Waals surface area (Å²) in [6.45, 7) is 8.93. The fourth-order valence-electron chi connectivity index (χ4n) is 5.42. The van der Waals surface area contributed by atoms with Gasteiger partial charge in [-0.3, -0.25) is 14.7 Å². The molecule has 2 saturated heterocycles. The fourth-order valence-corrected chi connectivity index (χ4v) is 5.42. The predicted molar refractivity (Wildman–Crippen MR) is 144 cm³/mol. The van der Waals surface area contributed by atoms with E-state index in [4.69, 9.17) is 4.98 Å². The number of nitrogens with zero attached hydrogens (tertiary/aromatic N) is 4. The Kier molecular flexibility index (Phi) is 7.76. The highest BCUT2D eigenvalue weighted by atomic mass is 19.1. The Hall–Kier alpha value is -3.36. The van der Waals surface area contributed by atoms with Crippen LogP contribution >= 0.6 is 0 Å². The van der Waals surface area contributed by atoms with Crippen molar-refractivity contribution < 1.29 is 9.18 Å². The second-order valence-electron chi connectivity index (χ2n) is 10.3. The molecule has 8 heteroatoms. The number of pyridine rings is 2. The minimum Gasteiger partial charge on any atom is -0.354 e. The first-order valence-electron chi connectivity index (χ1n) is 13.1. The van der Waals surface area contributed by atoms with Crippen LogP contribution in [0.15, 0.2) is 61.1 Å². The van der Waals surface area contributed by atoms with Crippen molar-refractivity contribution in [1.82, 2.24) is 25.5 Å². The van der Waals surface area contributed by atoms with E-state index >= 15 is 4.39 Å². The fraction of sp³-hybridized carbons (Fsp3) is 0.414. The number of amides is 1. The van der Waals surface area contributed by atoms with Crippen molar-refractivity contribution in [3.05, 3.63) is 78.0 Å². The normalized spacial score (nSPS) is 21.1. The SMILES string of the molecule is CC1CN(c2ccc(CN3CCC(NC(=O)c4cccc(-c5cccnc5)c4F)CC3)cn2)CC(C)N1. The Labute approximate surface area is 218 Å². The van der Waals surface area contributed by atoms with Gasteiger partial charge in [0.05, 0.1) is 5.56 Å². The minimum absolute atomic E-state index is 0.0300. The van der Waals surface area contributed by atoms with E-state index in [2.05, 4.69) is 51.4 Å². The summed E-state index contributed by atoms with van der Waals surface area (Å²) in [5, 5.41) is 6.60. The van der Waals surface area contributed by atoms with E-state index in [1.54, 1.807) is 36.7 Å². The van der Waals surface area contributed by atoms with E-state index < -0.39 is 5.82 Å². The van der Waals surface area contributed by atoms with Crippen LogP contribution in [0.2, 0.25) is 0 Å². The largest absolute Gasteiger partial charge is 0.354 e. The maximum atomic E-state index is 15.1. The van der Waals surface area contributed by atoms with Crippen LogP contribution in [0.4, 0.5) is 10.2 Å². The number of benzene rings is 1. The average molecular weight is 503 g/mol. The van der Waals surface area contributed by atoms with Gasteiger partial charge >= 0.3 is 0 Å². The minimum atomic E-state index is -0.508. The standard InChI is InChI=1S/C29H35FN6O/c1-20-17-36(18-21(2)33-20)27-9-8-22(15-32-27)19-35-13-10-24(11-14-35)34-29(37)26-7-3-6-25(28(26)30)23-5-4-12-31-16-23/h3-9,12,15-16,20-21,24,33H,10-11,13-14,17-19H2,1-2H3,(H,34,37). The van der Waals surface area contributed by atoms with Crippen molar-refractivity contribution in [3.8, 4) is 11.1 Å². The molecule has 7 nitrogen and oxygen atoms in total. The Morgan fingerprint density at radius 1 is 1.05 bits per heavy atom. The highest BCUT2D eigenvalue weighted by Crippen LogP contribution is 2.25. The third-order valence-corrected chi connectivity index (χ3v) is 7.24. The van der Waals surface area contributed by atoms with Gasteiger partial charge in [-0.25, -0.2) is 9.37 Å². The van der Waals surface area contributed by atoms with Crippen LogP contribution in [-0.2, 0) is 6.54 Å². The molecule has 2 aliphatic rings. The van der Waals surface area contributed by atoms with E-state index in [1.165, 1.54) is 11.6 Å². The number of aromatic nitrogens is 2. The Morgan fingerprint density at radius 2 is 1.84 bits per heavy atom. The molecule has 4 heterocycles. The van der Waals surface area contributed by atoms with Gasteiger partial charge in [-0.05, 0) is 50.5 Å². The van der Waals surface area contributed by atoms with Gasteiger partial charge in [-0.2, -0.15) is 0 Å². The van der Waals surface area contributed by atoms with E-state index in [1.807, 2.05) is 6.20 Å². The molecule has 0 saturated carbocycles. The molecule has 3 aromatic rings. The van der Waals surface area contributed by atoms with E-state index in [0.29, 0.717) is 23.2 Å². The number of carbonyl (C=O) groups excluding carboxylic acids is 1. The van der Waals surface area contributed by atoms with Gasteiger partial charge in [-0.15, -0.1) is 0 Å². The molecule has 2 unspecified atom stereocenters. The lowest BCUT2D eigenvalue weighted by Crippen LogP contribution is -2.54. The van der Waals surface area contributed by atoms with Crippen molar-refractivity contribution in [2.45, 2.75) is 51.4 Å². The van der Waals surface area contributed by atoms with Crippen LogP contribution in [0, 0.1) is 5.82 Å². The van der Waals surface area contributed by atoms with Crippen LogP contribution in [0.5, 0.6) is 0 Å². The average Bonchev–Trinajstić information content (AvgIpc) is 2.90. The molecule has 2 fully saturated rings. The third kappa shape index (κ3) is 6.14. The molecular weight excluding hydrogens is 467 g/mol. The number of carbonyl (C=O) groups is 1. The number of halogens is 1. The maximum absolute atomic E-state index is 15.1. The number of piperidine rings is 1. The number of hydrogen-bond donors (Lipinski definition) is 2. The van der Waals surface area contributed by atoms with Crippen LogP contribution in [0.1, 0.15) is 42.6 Å². The zero-order valence-corrected chi connectivity index (χ0v) is 21.5. The van der Waals surface area contributed by atoms with Crippen LogP contribution in [0.3, 0.4) is 0 Å². The Balaban J connectivity index is 1.13. The highest BCUT2D eigenvalue weighted by Gasteiger charge is 2.24. The van der Waals surface area contributed by atoms with Gasteiger partial charge in [0.2, 0.25) is 0 Å². The number of anilines is 1. The van der Waals surface area contributed by atoms with Gasteiger partial charge in [0, 0.05) is 80.6 Å². The molecule has 1 aromatic carbocycles. The lowest BCUT2D eigenvalue weighted by atomic mass is 10.0. The van der Waals surface area contributed by atoms with Gasteiger partial charge < -0.3 is 15.5 Å². The molecule has 0 bridgehead atoms. The number of nitrogens with one attached hydrogen (secondary N) is 2. The van der Waals surface area contributed by atoms with Crippen molar-refractivity contribution in [2.75, 3.05) is 31.1 Å². The van der Waals surface area contributed by atoms with Gasteiger partial charge in [0.15, 0.2) is 0 Å². The number of piperazine rings is 1. The molecular formula is C29H35FN6O. The maximum Gasteiger partial charge on any atom is 0.254 e. The summed E-state index contributed by atoms with van der Waals surface area (Å²) in [5.74, 6) is 0.161. The summed E-state index contributed by atoms with van der Waals surface area (Å²) in [6, 6.07) is 13.7. The molecule has 5 rings (SSSR count). The van der Waals surface area contributed by atoms with E-state index in [9.17, 15) is 4.79 Å². The van der Waals surface area contributed by atoms with Gasteiger partial charge in [-0.1, -0.05) is 24.3 Å². The van der Waals surface area contributed by atoms with Crippen molar-refractivity contribution in [1.29, 1.82) is 0 Å². The first-order chi connectivity index (χ1) is 18.0. The Bertz CT molecular complexity index is 1190. The van der Waals surface area contributed by atoms with Crippen LogP contribution in [0.25, 0.3) is 11.1 Å². The molecule has 2 aromatic heterocycles. The zero-order chi connectivity index (χ0) is 25.8. The Morgan fingerprint density at radius 3 is 2.51 bits per heavy atom. The van der Waals surface area contributed by atoms with Crippen LogP contribution < -0.4 is 15.5 Å². The van der Waals surface area contributed by atoms with Crippen molar-refractivity contribution >= 4 is 11.7 Å². The highest BCUT2D eigenvalue weighted by molar-refractivity contribution is 5.96. The first-order valence-corrected chi connectivity index (χ1v) is 13.1. The topological polar surface area (TPSA) is 73.4 Å². The summed E-state index contributed by atoms with van der Waals surface area (Å²) < 4.78 is 15.1. The second kappa shape index (κ2) is 11.4. The zero-order valence-electron chi connectivity index (χ0n) is 21.5. The third-order valence-electron chi connectivity index (χ3n) is 7.24. The van der Waals surface area contributed by atoms with Gasteiger partial charge in [0.25, 0.3) is 5.91 Å². The summed E-state index contributed by atoms with van der Waals surface area (Å²) in [5.41, 5.74) is 2.30. The number of likely N-dealkylation sites (tertiary alicyclic amines) is 1. The number of hydrogen-bond acceptors (Lipinski definition) is 6. The van der Waals surface area contributed by atoms with Crippen LogP contribution in [-0.4, -0.2) is 65.1 Å². The summed E-state index contributed by atoms with van der Waals surface area (Å²) >= 11 is 0. The summed E-state index contributed by atoms with van der Waals surface area (Å²) in [4.78, 5) is 26.4. The molecule has 2 N–H and O–H groups in total. The molecule has 0 radical (unpaired) electrons. The molecule has 0 aliphatic carbocycles.